The molecule has 0 spiro atoms. The molecule has 4 N–H and O–H groups in total. The van der Waals surface area contributed by atoms with Gasteiger partial charge in [-0.05, 0) is 37.2 Å². The van der Waals surface area contributed by atoms with E-state index in [1.807, 2.05) is 30.3 Å². The molecule has 3 heterocycles. The third-order valence-corrected chi connectivity index (χ3v) is 9.05. The second-order valence-corrected chi connectivity index (χ2v) is 13.0. The zero-order valence-electron chi connectivity index (χ0n) is 25.1. The number of aliphatic hydroxyl groups excluding tert-OH is 1. The fourth-order valence-corrected chi connectivity index (χ4v) is 6.67. The molecule has 1 aliphatic heterocycles. The summed E-state index contributed by atoms with van der Waals surface area (Å²) >= 11 is 2.63. The zero-order valence-corrected chi connectivity index (χ0v) is 26.7. The maximum atomic E-state index is 13.5. The van der Waals surface area contributed by atoms with Crippen LogP contribution in [0.2, 0.25) is 0 Å². The summed E-state index contributed by atoms with van der Waals surface area (Å²) in [6.07, 6.45) is 2.28. The summed E-state index contributed by atoms with van der Waals surface area (Å²) in [6, 6.07) is 8.89. The molecule has 44 heavy (non-hydrogen) atoms. The average molecular weight is 641 g/mol. The van der Waals surface area contributed by atoms with Gasteiger partial charge in [0.15, 0.2) is 0 Å². The number of amides is 4. The molecular formula is C31H40N6O5S2. The van der Waals surface area contributed by atoms with Crippen LogP contribution in [0.5, 0.6) is 0 Å². The number of carbonyl (C=O) groups is 4. The van der Waals surface area contributed by atoms with Crippen molar-refractivity contribution in [2.45, 2.75) is 64.5 Å². The minimum Gasteiger partial charge on any atom is -0.396 e. The largest absolute Gasteiger partial charge is 0.396 e. The first-order chi connectivity index (χ1) is 21.2. The Bertz CT molecular complexity index is 1410. The lowest BCUT2D eigenvalue weighted by atomic mass is 10.0. The van der Waals surface area contributed by atoms with Crippen LogP contribution in [0.15, 0.2) is 41.1 Å². The van der Waals surface area contributed by atoms with E-state index in [4.69, 9.17) is 0 Å². The molecule has 2 aromatic heterocycles. The monoisotopic (exact) mass is 640 g/mol. The lowest BCUT2D eigenvalue weighted by molar-refractivity contribution is -0.132. The SMILES string of the molecule is CC(C)C[C@@H]1NC(=O)CCCN(C(=O)CCO)CCCNC(=O)c2csc(n2)[C@H](Cc2ccccc2)NC(=O)c2csc1n2. The van der Waals surface area contributed by atoms with Gasteiger partial charge in [0.05, 0.1) is 18.7 Å². The molecule has 13 heteroatoms. The summed E-state index contributed by atoms with van der Waals surface area (Å²) in [5, 5.41) is 22.9. The molecule has 11 nitrogen and oxygen atoms in total. The molecule has 0 saturated carbocycles. The fraction of sp³-hybridized carbons (Fsp3) is 0.484. The molecule has 3 aromatic rings. The minimum atomic E-state index is -0.493. The van der Waals surface area contributed by atoms with Crippen LogP contribution in [0, 0.1) is 5.92 Å². The Morgan fingerprint density at radius 2 is 1.61 bits per heavy atom. The lowest BCUT2D eigenvalue weighted by Gasteiger charge is -2.23. The van der Waals surface area contributed by atoms with Gasteiger partial charge in [0, 0.05) is 43.2 Å². The van der Waals surface area contributed by atoms with Crippen LogP contribution in [0.3, 0.4) is 0 Å². The Labute approximate surface area is 265 Å². The van der Waals surface area contributed by atoms with Gasteiger partial charge < -0.3 is 26.0 Å². The molecule has 236 valence electrons. The first kappa shape index (κ1) is 33.2. The topological polar surface area (TPSA) is 154 Å². The summed E-state index contributed by atoms with van der Waals surface area (Å²) in [5.74, 6) is -0.785. The third-order valence-electron chi connectivity index (χ3n) is 7.14. The van der Waals surface area contributed by atoms with E-state index in [-0.39, 0.29) is 66.4 Å². The van der Waals surface area contributed by atoms with Crippen molar-refractivity contribution in [3.63, 3.8) is 0 Å². The molecule has 1 aliphatic rings. The van der Waals surface area contributed by atoms with Gasteiger partial charge in [0.1, 0.15) is 21.4 Å². The maximum Gasteiger partial charge on any atom is 0.271 e. The van der Waals surface area contributed by atoms with Crippen LogP contribution in [-0.4, -0.2) is 69.8 Å². The first-order valence-electron chi connectivity index (χ1n) is 14.9. The van der Waals surface area contributed by atoms with Crippen LogP contribution in [-0.2, 0) is 16.0 Å². The van der Waals surface area contributed by atoms with E-state index in [9.17, 15) is 24.3 Å². The standard InChI is InChI=1S/C31H40N6O5S2/c1-20(2)16-22-30-36-25(19-44-30)29(42)34-23(17-21-8-4-3-5-9-21)31-35-24(18-43-31)28(41)32-12-7-14-37(27(40)11-15-38)13-6-10-26(39)33-22/h3-5,8-9,18-20,22-23,38H,6-7,10-17H2,1-2H3,(H,32,41)(H,33,39)(H,34,42)/t22-,23-/m0/s1. The number of aromatic nitrogens is 2. The summed E-state index contributed by atoms with van der Waals surface area (Å²) < 4.78 is 0. The quantitative estimate of drug-likeness (QED) is 0.321. The Balaban J connectivity index is 1.61. The van der Waals surface area contributed by atoms with Crippen molar-refractivity contribution in [2.24, 2.45) is 5.92 Å². The van der Waals surface area contributed by atoms with E-state index in [0.717, 1.165) is 5.56 Å². The van der Waals surface area contributed by atoms with E-state index < -0.39 is 6.04 Å². The van der Waals surface area contributed by atoms with Gasteiger partial charge in [-0.2, -0.15) is 0 Å². The van der Waals surface area contributed by atoms with Gasteiger partial charge in [0.2, 0.25) is 11.8 Å². The average Bonchev–Trinajstić information content (AvgIpc) is 3.69. The number of aliphatic hydroxyl groups is 1. The van der Waals surface area contributed by atoms with Crippen molar-refractivity contribution in [3.05, 3.63) is 68.1 Å². The van der Waals surface area contributed by atoms with E-state index in [0.29, 0.717) is 55.3 Å². The highest BCUT2D eigenvalue weighted by Gasteiger charge is 2.25. The number of fused-ring (bicyclic) bond motifs is 4. The highest BCUT2D eigenvalue weighted by atomic mass is 32.1. The van der Waals surface area contributed by atoms with Crippen molar-refractivity contribution < 1.29 is 24.3 Å². The molecule has 0 unspecified atom stereocenters. The number of hydrogen-bond donors (Lipinski definition) is 4. The molecule has 0 saturated heterocycles. The second-order valence-electron chi connectivity index (χ2n) is 11.2. The van der Waals surface area contributed by atoms with E-state index in [1.54, 1.807) is 15.7 Å². The smallest absolute Gasteiger partial charge is 0.271 e. The number of nitrogens with zero attached hydrogens (tertiary/aromatic N) is 3. The highest BCUT2D eigenvalue weighted by molar-refractivity contribution is 7.10. The van der Waals surface area contributed by atoms with Gasteiger partial charge in [-0.1, -0.05) is 44.2 Å². The number of benzene rings is 1. The Morgan fingerprint density at radius 3 is 2.30 bits per heavy atom. The van der Waals surface area contributed by atoms with Crippen molar-refractivity contribution in [3.8, 4) is 0 Å². The molecule has 2 atom stereocenters. The Hall–Kier alpha value is -3.68. The van der Waals surface area contributed by atoms with Gasteiger partial charge >= 0.3 is 0 Å². The molecule has 4 rings (SSSR count). The summed E-state index contributed by atoms with van der Waals surface area (Å²) in [4.78, 5) is 62.8. The van der Waals surface area contributed by atoms with Gasteiger partial charge in [-0.3, -0.25) is 19.2 Å². The number of rotatable bonds is 6. The predicted molar refractivity (Wildman–Crippen MR) is 169 cm³/mol. The van der Waals surface area contributed by atoms with E-state index in [2.05, 4.69) is 39.8 Å². The molecule has 0 radical (unpaired) electrons. The number of carbonyl (C=O) groups excluding carboxylic acids is 4. The summed E-state index contributed by atoms with van der Waals surface area (Å²) in [5.41, 5.74) is 1.52. The molecule has 4 bridgehead atoms. The van der Waals surface area contributed by atoms with Crippen molar-refractivity contribution >= 4 is 46.3 Å². The van der Waals surface area contributed by atoms with Crippen LogP contribution in [0.25, 0.3) is 0 Å². The number of hydrogen-bond acceptors (Lipinski definition) is 9. The summed E-state index contributed by atoms with van der Waals surface area (Å²) in [7, 11) is 0. The molecule has 0 fully saturated rings. The van der Waals surface area contributed by atoms with Crippen molar-refractivity contribution in [1.82, 2.24) is 30.8 Å². The van der Waals surface area contributed by atoms with Crippen LogP contribution in [0.4, 0.5) is 0 Å². The molecule has 4 amide bonds. The maximum absolute atomic E-state index is 13.5. The Kier molecular flexibility index (Phi) is 12.4. The molecule has 0 aliphatic carbocycles. The third kappa shape index (κ3) is 9.66. The normalized spacial score (nSPS) is 19.1. The van der Waals surface area contributed by atoms with Gasteiger partial charge in [0.25, 0.3) is 11.8 Å². The van der Waals surface area contributed by atoms with Crippen molar-refractivity contribution in [1.29, 1.82) is 0 Å². The zero-order chi connectivity index (χ0) is 31.5. The van der Waals surface area contributed by atoms with Gasteiger partial charge in [-0.25, -0.2) is 9.97 Å². The van der Waals surface area contributed by atoms with Crippen molar-refractivity contribution in [2.75, 3.05) is 26.2 Å². The molecule has 1 aromatic carbocycles. The highest BCUT2D eigenvalue weighted by Crippen LogP contribution is 2.27. The fourth-order valence-electron chi connectivity index (χ4n) is 4.95. The van der Waals surface area contributed by atoms with E-state index in [1.165, 1.54) is 22.7 Å². The second kappa shape index (κ2) is 16.4. The number of nitrogens with one attached hydrogen (secondary N) is 3. The van der Waals surface area contributed by atoms with Crippen LogP contribution >= 0.6 is 22.7 Å². The van der Waals surface area contributed by atoms with E-state index >= 15 is 0 Å². The predicted octanol–water partition coefficient (Wildman–Crippen LogP) is 3.64. The number of thiazole rings is 2. The minimum absolute atomic E-state index is 0.0000961. The van der Waals surface area contributed by atoms with Crippen LogP contribution in [0.1, 0.15) is 94.6 Å². The Morgan fingerprint density at radius 1 is 0.955 bits per heavy atom. The molecular weight excluding hydrogens is 601 g/mol. The van der Waals surface area contributed by atoms with Crippen LogP contribution < -0.4 is 16.0 Å². The lowest BCUT2D eigenvalue weighted by Crippen LogP contribution is -2.36. The van der Waals surface area contributed by atoms with Gasteiger partial charge in [-0.15, -0.1) is 22.7 Å². The first-order valence-corrected chi connectivity index (χ1v) is 16.7. The summed E-state index contributed by atoms with van der Waals surface area (Å²) in [6.45, 7) is 4.93.